The van der Waals surface area contributed by atoms with Crippen molar-refractivity contribution in [3.05, 3.63) is 54.4 Å². The normalized spacial score (nSPS) is 9.92. The van der Waals surface area contributed by atoms with Gasteiger partial charge in [0.25, 0.3) is 0 Å². The second-order valence-electron chi connectivity index (χ2n) is 5.33. The number of nitriles is 1. The number of rotatable bonds is 9. The number of amides is 1. The number of aromatic nitrogens is 1. The molecule has 1 aromatic carbocycles. The Morgan fingerprint density at radius 2 is 2.04 bits per heavy atom. The Morgan fingerprint density at radius 1 is 1.24 bits per heavy atom. The molecular formula is C19H21N3O3. The second kappa shape index (κ2) is 9.93. The third-order valence-electron chi connectivity index (χ3n) is 3.59. The quantitative estimate of drug-likeness (QED) is 0.702. The summed E-state index contributed by atoms with van der Waals surface area (Å²) >= 11 is 0. The zero-order chi connectivity index (χ0) is 17.9. The molecule has 1 heterocycles. The molecule has 0 saturated carbocycles. The Balaban J connectivity index is 1.91. The van der Waals surface area contributed by atoms with Gasteiger partial charge in [0.15, 0.2) is 11.5 Å². The molecule has 6 heteroatoms. The zero-order valence-electron chi connectivity index (χ0n) is 14.2. The average Bonchev–Trinajstić information content (AvgIpc) is 2.66. The van der Waals surface area contributed by atoms with Gasteiger partial charge in [-0.1, -0.05) is 18.2 Å². The van der Waals surface area contributed by atoms with E-state index in [2.05, 4.69) is 11.1 Å². The summed E-state index contributed by atoms with van der Waals surface area (Å²) in [6.45, 7) is 1.07. The van der Waals surface area contributed by atoms with Crippen molar-refractivity contribution >= 4 is 5.91 Å². The molecule has 25 heavy (non-hydrogen) atoms. The van der Waals surface area contributed by atoms with Crippen LogP contribution < -0.4 is 9.47 Å². The molecule has 0 spiro atoms. The minimum absolute atomic E-state index is 0.0611. The topological polar surface area (TPSA) is 75.5 Å². The van der Waals surface area contributed by atoms with Crippen molar-refractivity contribution in [1.29, 1.82) is 5.26 Å². The molecule has 1 aromatic heterocycles. The van der Waals surface area contributed by atoms with Crippen molar-refractivity contribution in [2.75, 3.05) is 20.3 Å². The van der Waals surface area contributed by atoms with Crippen LogP contribution in [0.3, 0.4) is 0 Å². The van der Waals surface area contributed by atoms with Gasteiger partial charge in [0.1, 0.15) is 0 Å². The average molecular weight is 339 g/mol. The summed E-state index contributed by atoms with van der Waals surface area (Å²) in [6.07, 6.45) is 3.92. The molecule has 0 atom stereocenters. The lowest BCUT2D eigenvalue weighted by atomic mass is 10.2. The minimum Gasteiger partial charge on any atom is -0.493 e. The molecule has 0 unspecified atom stereocenters. The Hall–Kier alpha value is -3.07. The number of benzene rings is 1. The summed E-state index contributed by atoms with van der Waals surface area (Å²) in [5.41, 5.74) is 0.930. The Kier molecular flexibility index (Phi) is 7.26. The van der Waals surface area contributed by atoms with E-state index in [0.717, 1.165) is 5.56 Å². The van der Waals surface area contributed by atoms with Crippen LogP contribution in [0.5, 0.6) is 11.5 Å². The number of carbonyl (C=O) groups is 1. The van der Waals surface area contributed by atoms with Gasteiger partial charge in [0.2, 0.25) is 5.91 Å². The maximum Gasteiger partial charge on any atom is 0.226 e. The maximum absolute atomic E-state index is 12.5. The van der Waals surface area contributed by atoms with Crippen molar-refractivity contribution < 1.29 is 14.3 Å². The van der Waals surface area contributed by atoms with Gasteiger partial charge in [-0.05, 0) is 23.8 Å². The molecule has 0 bridgehead atoms. The van der Waals surface area contributed by atoms with Gasteiger partial charge in [0.05, 0.1) is 32.6 Å². The van der Waals surface area contributed by atoms with Crippen LogP contribution in [0.25, 0.3) is 0 Å². The number of para-hydroxylation sites is 2. The van der Waals surface area contributed by atoms with Crippen molar-refractivity contribution in [1.82, 2.24) is 9.88 Å². The Bertz CT molecular complexity index is 713. The highest BCUT2D eigenvalue weighted by molar-refractivity contribution is 5.76. The van der Waals surface area contributed by atoms with Gasteiger partial charge >= 0.3 is 0 Å². The molecule has 0 aliphatic rings. The van der Waals surface area contributed by atoms with Crippen LogP contribution in [-0.2, 0) is 11.3 Å². The third-order valence-corrected chi connectivity index (χ3v) is 3.59. The van der Waals surface area contributed by atoms with E-state index in [1.165, 1.54) is 0 Å². The van der Waals surface area contributed by atoms with E-state index in [0.29, 0.717) is 31.0 Å². The van der Waals surface area contributed by atoms with Gasteiger partial charge in [-0.15, -0.1) is 0 Å². The van der Waals surface area contributed by atoms with Crippen molar-refractivity contribution in [2.45, 2.75) is 19.4 Å². The molecule has 0 fully saturated rings. The fourth-order valence-corrected chi connectivity index (χ4v) is 2.33. The molecule has 0 saturated heterocycles. The minimum atomic E-state index is -0.0611. The first-order chi connectivity index (χ1) is 12.2. The zero-order valence-corrected chi connectivity index (χ0v) is 14.2. The molecular weight excluding hydrogens is 318 g/mol. The molecule has 0 aliphatic heterocycles. The highest BCUT2D eigenvalue weighted by Gasteiger charge is 2.14. The number of pyridine rings is 1. The van der Waals surface area contributed by atoms with E-state index in [-0.39, 0.29) is 18.9 Å². The van der Waals surface area contributed by atoms with E-state index in [1.54, 1.807) is 36.5 Å². The maximum atomic E-state index is 12.5. The van der Waals surface area contributed by atoms with Crippen LogP contribution in [-0.4, -0.2) is 36.1 Å². The predicted molar refractivity (Wildman–Crippen MR) is 93.0 cm³/mol. The lowest BCUT2D eigenvalue weighted by Gasteiger charge is -2.22. The number of hydrogen-bond donors (Lipinski definition) is 0. The molecule has 1 amide bonds. The third kappa shape index (κ3) is 5.81. The summed E-state index contributed by atoms with van der Waals surface area (Å²) in [7, 11) is 1.57. The lowest BCUT2D eigenvalue weighted by Crippen LogP contribution is -2.32. The Labute approximate surface area is 147 Å². The standard InChI is InChI=1S/C19H21N3O3/c1-24-17-7-2-3-8-18(17)25-13-9-19(23)22(12-5-10-20)15-16-6-4-11-21-14-16/h2-4,6-8,11,14H,5,9,12-13,15H2,1H3. The summed E-state index contributed by atoms with van der Waals surface area (Å²) in [6, 6.07) is 13.1. The van der Waals surface area contributed by atoms with Gasteiger partial charge < -0.3 is 14.4 Å². The van der Waals surface area contributed by atoms with E-state index >= 15 is 0 Å². The molecule has 0 aliphatic carbocycles. The lowest BCUT2D eigenvalue weighted by molar-refractivity contribution is -0.132. The summed E-state index contributed by atoms with van der Waals surface area (Å²) in [5.74, 6) is 1.18. The Morgan fingerprint density at radius 3 is 2.72 bits per heavy atom. The fraction of sp³-hybridized carbons (Fsp3) is 0.316. The second-order valence-corrected chi connectivity index (χ2v) is 5.33. The summed E-state index contributed by atoms with van der Waals surface area (Å²) in [5, 5.41) is 8.81. The van der Waals surface area contributed by atoms with Crippen molar-refractivity contribution in [2.24, 2.45) is 0 Å². The van der Waals surface area contributed by atoms with Crippen LogP contribution in [0, 0.1) is 11.3 Å². The van der Waals surface area contributed by atoms with E-state index < -0.39 is 0 Å². The van der Waals surface area contributed by atoms with Crippen molar-refractivity contribution in [3.8, 4) is 17.6 Å². The number of methoxy groups -OCH3 is 1. The highest BCUT2D eigenvalue weighted by Crippen LogP contribution is 2.25. The summed E-state index contributed by atoms with van der Waals surface area (Å²) in [4.78, 5) is 18.2. The number of carbonyl (C=O) groups excluding carboxylic acids is 1. The molecule has 2 rings (SSSR count). The number of ether oxygens (including phenoxy) is 2. The monoisotopic (exact) mass is 339 g/mol. The van der Waals surface area contributed by atoms with Crippen LogP contribution in [0.4, 0.5) is 0 Å². The fourth-order valence-electron chi connectivity index (χ4n) is 2.33. The summed E-state index contributed by atoms with van der Waals surface area (Å²) < 4.78 is 10.9. The van der Waals surface area contributed by atoms with Crippen LogP contribution in [0.15, 0.2) is 48.8 Å². The number of nitrogens with zero attached hydrogens (tertiary/aromatic N) is 3. The van der Waals surface area contributed by atoms with Gasteiger partial charge in [0, 0.05) is 25.5 Å². The van der Waals surface area contributed by atoms with E-state index in [1.807, 2.05) is 24.3 Å². The predicted octanol–water partition coefficient (Wildman–Crippen LogP) is 2.80. The smallest absolute Gasteiger partial charge is 0.226 e. The first kappa shape index (κ1) is 18.3. The first-order valence-corrected chi connectivity index (χ1v) is 8.04. The molecule has 0 radical (unpaired) electrons. The first-order valence-electron chi connectivity index (χ1n) is 8.04. The molecule has 130 valence electrons. The van der Waals surface area contributed by atoms with Gasteiger partial charge in [-0.25, -0.2) is 0 Å². The van der Waals surface area contributed by atoms with Gasteiger partial charge in [-0.3, -0.25) is 9.78 Å². The SMILES string of the molecule is COc1ccccc1OCCC(=O)N(CCC#N)Cc1cccnc1. The van der Waals surface area contributed by atoms with Crippen LogP contribution in [0.1, 0.15) is 18.4 Å². The molecule has 2 aromatic rings. The van der Waals surface area contributed by atoms with Crippen LogP contribution >= 0.6 is 0 Å². The van der Waals surface area contributed by atoms with Crippen molar-refractivity contribution in [3.63, 3.8) is 0 Å². The van der Waals surface area contributed by atoms with Gasteiger partial charge in [-0.2, -0.15) is 5.26 Å². The molecule has 6 nitrogen and oxygen atoms in total. The van der Waals surface area contributed by atoms with E-state index in [9.17, 15) is 4.79 Å². The molecule has 0 N–H and O–H groups in total. The number of hydrogen-bond acceptors (Lipinski definition) is 5. The van der Waals surface area contributed by atoms with Crippen LogP contribution in [0.2, 0.25) is 0 Å². The highest BCUT2D eigenvalue weighted by atomic mass is 16.5. The largest absolute Gasteiger partial charge is 0.493 e. The van der Waals surface area contributed by atoms with E-state index in [4.69, 9.17) is 14.7 Å².